The molecule has 0 bridgehead atoms. The van der Waals surface area contributed by atoms with Crippen molar-refractivity contribution in [3.8, 4) is 0 Å². The molecule has 0 amide bonds. The highest BCUT2D eigenvalue weighted by Gasteiger charge is 2.50. The fourth-order valence-corrected chi connectivity index (χ4v) is 3.66. The van der Waals surface area contributed by atoms with Gasteiger partial charge in [-0.25, -0.2) is 8.42 Å². The van der Waals surface area contributed by atoms with Gasteiger partial charge in [-0.1, -0.05) is 35.3 Å². The van der Waals surface area contributed by atoms with Gasteiger partial charge >= 0.3 is 7.12 Å². The predicted octanol–water partition coefficient (Wildman–Crippen LogP) is 4.10. The molecule has 0 N–H and O–H groups in total. The SMILES string of the molecule is C/C(=C/B1OC(C)(C)C(C)(C)O1)C/C=C/N(C)S(=O)(=O)c1ccc(C)cc1. The Kier molecular flexibility index (Phi) is 6.29. The fraction of sp³-hybridized carbons (Fsp3) is 0.500. The van der Waals surface area contributed by atoms with Crippen molar-refractivity contribution >= 4 is 17.1 Å². The fourth-order valence-electron chi connectivity index (χ4n) is 2.60. The van der Waals surface area contributed by atoms with E-state index in [1.54, 1.807) is 37.5 Å². The summed E-state index contributed by atoms with van der Waals surface area (Å²) in [7, 11) is -2.38. The van der Waals surface area contributed by atoms with E-state index in [-0.39, 0.29) is 16.1 Å². The molecular weight excluding hydrogens is 361 g/mol. The van der Waals surface area contributed by atoms with E-state index in [9.17, 15) is 8.42 Å². The number of nitrogens with zero attached hydrogens (tertiary/aromatic N) is 1. The van der Waals surface area contributed by atoms with Crippen molar-refractivity contribution in [3.63, 3.8) is 0 Å². The van der Waals surface area contributed by atoms with Gasteiger partial charge in [-0.05, 0) is 60.1 Å². The highest BCUT2D eigenvalue weighted by atomic mass is 32.2. The van der Waals surface area contributed by atoms with Crippen LogP contribution in [0.25, 0.3) is 0 Å². The number of rotatable bonds is 6. The molecule has 2 rings (SSSR count). The van der Waals surface area contributed by atoms with Crippen LogP contribution in [-0.2, 0) is 19.3 Å². The number of hydrogen-bond donors (Lipinski definition) is 0. The van der Waals surface area contributed by atoms with E-state index in [4.69, 9.17) is 9.31 Å². The maximum Gasteiger partial charge on any atom is 0.487 e. The van der Waals surface area contributed by atoms with Gasteiger partial charge in [-0.15, -0.1) is 0 Å². The van der Waals surface area contributed by atoms with Crippen LogP contribution in [0.1, 0.15) is 46.6 Å². The van der Waals surface area contributed by atoms with Gasteiger partial charge in [0.15, 0.2) is 0 Å². The second-order valence-electron chi connectivity index (χ2n) is 8.06. The molecule has 0 radical (unpaired) electrons. The van der Waals surface area contributed by atoms with E-state index in [1.807, 2.05) is 53.6 Å². The summed E-state index contributed by atoms with van der Waals surface area (Å²) in [5.41, 5.74) is 1.33. The third-order valence-electron chi connectivity index (χ3n) is 5.15. The lowest BCUT2D eigenvalue weighted by molar-refractivity contribution is 0.00578. The summed E-state index contributed by atoms with van der Waals surface area (Å²) in [6.45, 7) is 12.0. The molecule has 1 fully saturated rings. The molecule has 0 saturated carbocycles. The van der Waals surface area contributed by atoms with E-state index in [0.29, 0.717) is 6.42 Å². The molecular formula is C20H30BNO4S. The highest BCUT2D eigenvalue weighted by molar-refractivity contribution is 7.89. The predicted molar refractivity (Wildman–Crippen MR) is 110 cm³/mol. The third-order valence-corrected chi connectivity index (χ3v) is 6.89. The zero-order valence-electron chi connectivity index (χ0n) is 17.3. The Hall–Kier alpha value is -1.57. The van der Waals surface area contributed by atoms with Crippen molar-refractivity contribution in [3.05, 3.63) is 53.7 Å². The van der Waals surface area contributed by atoms with Crippen LogP contribution in [0.2, 0.25) is 0 Å². The highest BCUT2D eigenvalue weighted by Crippen LogP contribution is 2.37. The first-order chi connectivity index (χ1) is 12.3. The van der Waals surface area contributed by atoms with Crippen molar-refractivity contribution in [1.29, 1.82) is 0 Å². The van der Waals surface area contributed by atoms with Crippen LogP contribution in [0.4, 0.5) is 0 Å². The molecule has 7 heteroatoms. The van der Waals surface area contributed by atoms with Gasteiger partial charge in [0.1, 0.15) is 0 Å². The second kappa shape index (κ2) is 7.82. The minimum Gasteiger partial charge on any atom is -0.400 e. The van der Waals surface area contributed by atoms with Gasteiger partial charge < -0.3 is 9.31 Å². The summed E-state index contributed by atoms with van der Waals surface area (Å²) in [6, 6.07) is 6.83. The van der Waals surface area contributed by atoms with Crippen molar-refractivity contribution in [2.75, 3.05) is 7.05 Å². The van der Waals surface area contributed by atoms with Crippen molar-refractivity contribution in [1.82, 2.24) is 4.31 Å². The molecule has 0 unspecified atom stereocenters. The molecule has 1 aliphatic rings. The quantitative estimate of drug-likeness (QED) is 0.686. The lowest BCUT2D eigenvalue weighted by atomic mass is 9.86. The minimum absolute atomic E-state index is 0.282. The first-order valence-corrected chi connectivity index (χ1v) is 10.5. The van der Waals surface area contributed by atoms with Crippen molar-refractivity contribution < 1.29 is 17.7 Å². The summed E-state index contributed by atoms with van der Waals surface area (Å²) >= 11 is 0. The Morgan fingerprint density at radius 2 is 1.63 bits per heavy atom. The average Bonchev–Trinajstić information content (AvgIpc) is 2.74. The van der Waals surface area contributed by atoms with Crippen LogP contribution in [0.15, 0.2) is 53.0 Å². The van der Waals surface area contributed by atoms with E-state index in [2.05, 4.69) is 0 Å². The Labute approximate surface area is 164 Å². The summed E-state index contributed by atoms with van der Waals surface area (Å²) < 4.78 is 38.3. The number of aryl methyl sites for hydroxylation is 1. The van der Waals surface area contributed by atoms with Crippen molar-refractivity contribution in [2.45, 2.75) is 64.1 Å². The summed E-state index contributed by atoms with van der Waals surface area (Å²) in [6.07, 6.45) is 4.01. The van der Waals surface area contributed by atoms with E-state index < -0.39 is 17.1 Å². The molecule has 0 spiro atoms. The molecule has 5 nitrogen and oxygen atoms in total. The van der Waals surface area contributed by atoms with Crippen LogP contribution in [0.3, 0.4) is 0 Å². The van der Waals surface area contributed by atoms with Gasteiger partial charge in [-0.3, -0.25) is 4.31 Å². The van der Waals surface area contributed by atoms with E-state index in [1.165, 1.54) is 4.31 Å². The lowest BCUT2D eigenvalue weighted by Crippen LogP contribution is -2.41. The molecule has 1 saturated heterocycles. The smallest absolute Gasteiger partial charge is 0.400 e. The molecule has 0 aromatic heterocycles. The van der Waals surface area contributed by atoms with Crippen molar-refractivity contribution in [2.24, 2.45) is 0 Å². The molecule has 148 valence electrons. The maximum atomic E-state index is 12.6. The normalized spacial score (nSPS) is 19.7. The molecule has 1 aromatic rings. The largest absolute Gasteiger partial charge is 0.487 e. The van der Waals surface area contributed by atoms with E-state index >= 15 is 0 Å². The Bertz CT molecular complexity index is 810. The number of sulfonamides is 1. The van der Waals surface area contributed by atoms with E-state index in [0.717, 1.165) is 11.1 Å². The zero-order chi connectivity index (χ0) is 20.5. The Balaban J connectivity index is 1.99. The monoisotopic (exact) mass is 391 g/mol. The molecule has 1 heterocycles. The van der Waals surface area contributed by atoms with Gasteiger partial charge in [0.2, 0.25) is 0 Å². The summed E-state index contributed by atoms with van der Waals surface area (Å²) in [5, 5.41) is 0. The van der Waals surface area contributed by atoms with Crippen LogP contribution in [-0.4, -0.2) is 38.1 Å². The van der Waals surface area contributed by atoms with Crippen LogP contribution in [0.5, 0.6) is 0 Å². The molecule has 0 atom stereocenters. The molecule has 1 aliphatic heterocycles. The first kappa shape index (κ1) is 21.7. The van der Waals surface area contributed by atoms with Gasteiger partial charge in [0, 0.05) is 13.2 Å². The lowest BCUT2D eigenvalue weighted by Gasteiger charge is -2.32. The van der Waals surface area contributed by atoms with Gasteiger partial charge in [-0.2, -0.15) is 0 Å². The third kappa shape index (κ3) is 5.03. The van der Waals surface area contributed by atoms with Crippen LogP contribution in [0, 0.1) is 6.92 Å². The van der Waals surface area contributed by atoms with Gasteiger partial charge in [0.05, 0.1) is 16.1 Å². The Morgan fingerprint density at radius 1 is 1.11 bits per heavy atom. The zero-order valence-corrected chi connectivity index (χ0v) is 18.1. The topological polar surface area (TPSA) is 55.8 Å². The second-order valence-corrected chi connectivity index (χ2v) is 10.1. The summed E-state index contributed by atoms with van der Waals surface area (Å²) in [5.74, 6) is 1.94. The van der Waals surface area contributed by atoms with Crippen LogP contribution < -0.4 is 0 Å². The van der Waals surface area contributed by atoms with Crippen LogP contribution >= 0.6 is 0 Å². The number of hydrogen-bond acceptors (Lipinski definition) is 4. The maximum absolute atomic E-state index is 12.6. The number of allylic oxidation sites excluding steroid dienone is 2. The molecule has 0 aliphatic carbocycles. The molecule has 27 heavy (non-hydrogen) atoms. The Morgan fingerprint density at radius 3 is 2.15 bits per heavy atom. The number of benzene rings is 1. The average molecular weight is 391 g/mol. The molecule has 1 aromatic carbocycles. The summed E-state index contributed by atoms with van der Waals surface area (Å²) in [4.78, 5) is 0.282. The first-order valence-electron chi connectivity index (χ1n) is 9.09. The standard InChI is InChI=1S/C20H30BNO4S/c1-16-10-12-18(13-11-16)27(23,24)22(7)14-8-9-17(2)15-21-25-19(3,4)20(5,6)26-21/h8,10-15H,9H2,1-7H3/b14-8+,17-15-. The minimum atomic E-state index is -3.53. The van der Waals surface area contributed by atoms with Gasteiger partial charge in [0.25, 0.3) is 10.0 Å².